The van der Waals surface area contributed by atoms with E-state index in [1.807, 2.05) is 65.1 Å². The number of ether oxygens (including phenoxy) is 2. The van der Waals surface area contributed by atoms with Crippen molar-refractivity contribution >= 4 is 28.5 Å². The molecule has 4 rings (SSSR count). The fourth-order valence-corrected chi connectivity index (χ4v) is 3.76. The first-order valence-corrected chi connectivity index (χ1v) is 10.6. The molecule has 166 valence electrons. The molecule has 0 atom stereocenters. The van der Waals surface area contributed by atoms with Crippen molar-refractivity contribution in [2.24, 2.45) is 7.05 Å². The second-order valence-corrected chi connectivity index (χ2v) is 8.51. The fourth-order valence-electron chi connectivity index (χ4n) is 3.56. The minimum absolute atomic E-state index is 0.166. The number of hydrogen-bond acceptors (Lipinski definition) is 5. The van der Waals surface area contributed by atoms with Gasteiger partial charge in [0.25, 0.3) is 0 Å². The summed E-state index contributed by atoms with van der Waals surface area (Å²) in [5, 5.41) is 10.8. The highest BCUT2D eigenvalue weighted by atomic mass is 35.5. The topological polar surface area (TPSA) is 71.2 Å². The monoisotopic (exact) mass is 452 g/mol. The molecule has 0 N–H and O–H groups in total. The predicted molar refractivity (Wildman–Crippen MR) is 123 cm³/mol. The van der Waals surface area contributed by atoms with Crippen LogP contribution >= 0.6 is 11.6 Å². The van der Waals surface area contributed by atoms with Gasteiger partial charge in [-0.15, -0.1) is 0 Å². The van der Waals surface area contributed by atoms with E-state index in [1.54, 1.807) is 13.8 Å². The van der Waals surface area contributed by atoms with E-state index >= 15 is 0 Å². The van der Waals surface area contributed by atoms with Crippen LogP contribution in [0.5, 0.6) is 0 Å². The summed E-state index contributed by atoms with van der Waals surface area (Å²) in [6.07, 6.45) is 1.84. The number of rotatable bonds is 7. The number of fused-ring (bicyclic) bond motifs is 1. The van der Waals surface area contributed by atoms with Crippen LogP contribution in [0, 0.1) is 0 Å². The van der Waals surface area contributed by atoms with Crippen molar-refractivity contribution < 1.29 is 14.3 Å². The number of methoxy groups -OCH3 is 1. The first-order chi connectivity index (χ1) is 15.3. The standard InChI is InChI=1S/C24H25ClN4O3/c1-24(2,23(30)31-4)32-15-19-12-22(16-9-10-21-18(11-16)13-26-28(21)3)29(27-19)14-17-7-5-6-8-20(17)25/h5-13H,14-15H2,1-4H3. The molecule has 0 aliphatic heterocycles. The molecule has 0 saturated carbocycles. The van der Waals surface area contributed by atoms with E-state index < -0.39 is 11.6 Å². The van der Waals surface area contributed by atoms with Crippen molar-refractivity contribution in [3.05, 3.63) is 71.0 Å². The normalized spacial score (nSPS) is 11.8. The van der Waals surface area contributed by atoms with Crippen molar-refractivity contribution in [1.29, 1.82) is 0 Å². The molecule has 0 spiro atoms. The number of nitrogens with zero attached hydrogens (tertiary/aromatic N) is 4. The summed E-state index contributed by atoms with van der Waals surface area (Å²) in [5.41, 5.74) is 3.57. The van der Waals surface area contributed by atoms with Gasteiger partial charge >= 0.3 is 5.97 Å². The summed E-state index contributed by atoms with van der Waals surface area (Å²) in [6, 6.07) is 15.9. The van der Waals surface area contributed by atoms with Gasteiger partial charge in [-0.3, -0.25) is 9.36 Å². The third kappa shape index (κ3) is 4.40. The Morgan fingerprint density at radius 1 is 1.16 bits per heavy atom. The van der Waals surface area contributed by atoms with Crippen LogP contribution in [0.2, 0.25) is 5.02 Å². The van der Waals surface area contributed by atoms with Gasteiger partial charge in [-0.25, -0.2) is 4.79 Å². The zero-order valence-electron chi connectivity index (χ0n) is 18.5. The summed E-state index contributed by atoms with van der Waals surface area (Å²) in [6.45, 7) is 4.02. The van der Waals surface area contributed by atoms with Crippen LogP contribution in [-0.2, 0) is 34.5 Å². The average Bonchev–Trinajstić information content (AvgIpc) is 3.36. The van der Waals surface area contributed by atoms with Gasteiger partial charge < -0.3 is 9.47 Å². The minimum atomic E-state index is -1.07. The molecule has 2 aromatic carbocycles. The van der Waals surface area contributed by atoms with Gasteiger partial charge in [-0.1, -0.05) is 35.9 Å². The third-order valence-electron chi connectivity index (χ3n) is 5.41. The van der Waals surface area contributed by atoms with Crippen LogP contribution < -0.4 is 0 Å². The van der Waals surface area contributed by atoms with Crippen LogP contribution in [0.3, 0.4) is 0 Å². The second kappa shape index (κ2) is 8.76. The van der Waals surface area contributed by atoms with Crippen molar-refractivity contribution in [3.8, 4) is 11.3 Å². The van der Waals surface area contributed by atoms with Gasteiger partial charge in [0.05, 0.1) is 43.4 Å². The van der Waals surface area contributed by atoms with Gasteiger partial charge in [0.1, 0.15) is 0 Å². The zero-order valence-corrected chi connectivity index (χ0v) is 19.3. The Hall–Kier alpha value is -3.16. The first kappa shape index (κ1) is 22.0. The van der Waals surface area contributed by atoms with Crippen LogP contribution in [0.15, 0.2) is 54.7 Å². The maximum atomic E-state index is 12.0. The largest absolute Gasteiger partial charge is 0.467 e. The van der Waals surface area contributed by atoms with Crippen molar-refractivity contribution in [3.63, 3.8) is 0 Å². The number of benzene rings is 2. The molecule has 0 radical (unpaired) electrons. The lowest BCUT2D eigenvalue weighted by molar-refractivity contribution is -0.166. The highest BCUT2D eigenvalue weighted by Gasteiger charge is 2.30. The van der Waals surface area contributed by atoms with Crippen molar-refractivity contribution in [2.75, 3.05) is 7.11 Å². The highest BCUT2D eigenvalue weighted by Crippen LogP contribution is 2.27. The van der Waals surface area contributed by atoms with E-state index in [0.29, 0.717) is 17.3 Å². The molecule has 0 fully saturated rings. The Kier molecular flexibility index (Phi) is 6.04. The molecule has 0 bridgehead atoms. The van der Waals surface area contributed by atoms with E-state index in [2.05, 4.69) is 11.2 Å². The van der Waals surface area contributed by atoms with Gasteiger partial charge in [-0.2, -0.15) is 10.2 Å². The van der Waals surface area contributed by atoms with E-state index in [-0.39, 0.29) is 6.61 Å². The molecule has 8 heteroatoms. The number of esters is 1. The summed E-state index contributed by atoms with van der Waals surface area (Å²) in [4.78, 5) is 12.0. The molecular formula is C24H25ClN4O3. The van der Waals surface area contributed by atoms with Gasteiger partial charge in [0.15, 0.2) is 5.60 Å². The molecule has 32 heavy (non-hydrogen) atoms. The molecule has 0 saturated heterocycles. The molecule has 7 nitrogen and oxygen atoms in total. The Morgan fingerprint density at radius 2 is 1.94 bits per heavy atom. The first-order valence-electron chi connectivity index (χ1n) is 10.2. The van der Waals surface area contributed by atoms with E-state index in [9.17, 15) is 4.79 Å². The molecule has 4 aromatic rings. The van der Waals surface area contributed by atoms with Gasteiger partial charge in [0, 0.05) is 23.0 Å². The summed E-state index contributed by atoms with van der Waals surface area (Å²) >= 11 is 6.40. The Balaban J connectivity index is 1.70. The molecule has 2 aromatic heterocycles. The Morgan fingerprint density at radius 3 is 2.69 bits per heavy atom. The maximum Gasteiger partial charge on any atom is 0.337 e. The number of carbonyl (C=O) groups excluding carboxylic acids is 1. The predicted octanol–water partition coefficient (Wildman–Crippen LogP) is 4.61. The second-order valence-electron chi connectivity index (χ2n) is 8.10. The minimum Gasteiger partial charge on any atom is -0.467 e. The number of aryl methyl sites for hydroxylation is 1. The SMILES string of the molecule is COC(=O)C(C)(C)OCc1cc(-c2ccc3c(cnn3C)c2)n(Cc2ccccc2Cl)n1. The lowest BCUT2D eigenvalue weighted by atomic mass is 10.1. The number of aromatic nitrogens is 4. The molecular weight excluding hydrogens is 428 g/mol. The fraction of sp³-hybridized carbons (Fsp3) is 0.292. The average molecular weight is 453 g/mol. The van der Waals surface area contributed by atoms with Crippen molar-refractivity contribution in [2.45, 2.75) is 32.6 Å². The lowest BCUT2D eigenvalue weighted by Gasteiger charge is -2.21. The van der Waals surface area contributed by atoms with Gasteiger partial charge in [-0.05, 0) is 43.7 Å². The molecule has 0 aliphatic carbocycles. The highest BCUT2D eigenvalue weighted by molar-refractivity contribution is 6.31. The molecule has 2 heterocycles. The third-order valence-corrected chi connectivity index (χ3v) is 5.78. The van der Waals surface area contributed by atoms with Crippen LogP contribution in [0.4, 0.5) is 0 Å². The summed E-state index contributed by atoms with van der Waals surface area (Å²) in [7, 11) is 3.26. The maximum absolute atomic E-state index is 12.0. The van der Waals surface area contributed by atoms with Crippen LogP contribution in [0.25, 0.3) is 22.2 Å². The molecule has 0 aliphatic rings. The van der Waals surface area contributed by atoms with E-state index in [4.69, 9.17) is 26.2 Å². The lowest BCUT2D eigenvalue weighted by Crippen LogP contribution is -2.35. The molecule has 0 amide bonds. The smallest absolute Gasteiger partial charge is 0.337 e. The van der Waals surface area contributed by atoms with Crippen molar-refractivity contribution in [1.82, 2.24) is 19.6 Å². The Labute approximate surface area is 191 Å². The number of halogens is 1. The van der Waals surface area contributed by atoms with Crippen LogP contribution in [-0.4, -0.2) is 38.2 Å². The number of carbonyl (C=O) groups is 1. The number of hydrogen-bond donors (Lipinski definition) is 0. The van der Waals surface area contributed by atoms with Crippen LogP contribution in [0.1, 0.15) is 25.1 Å². The van der Waals surface area contributed by atoms with E-state index in [0.717, 1.165) is 27.7 Å². The Bertz CT molecular complexity index is 1280. The zero-order chi connectivity index (χ0) is 22.9. The summed E-state index contributed by atoms with van der Waals surface area (Å²) < 4.78 is 14.4. The quantitative estimate of drug-likeness (QED) is 0.383. The van der Waals surface area contributed by atoms with E-state index in [1.165, 1.54) is 7.11 Å². The van der Waals surface area contributed by atoms with Gasteiger partial charge in [0.2, 0.25) is 0 Å². The molecule has 0 unspecified atom stereocenters. The summed E-state index contributed by atoms with van der Waals surface area (Å²) in [5.74, 6) is -0.435.